The number of hydrogen-bond donors (Lipinski definition) is 2. The van der Waals surface area contributed by atoms with Crippen LogP contribution in [0.4, 0.5) is 8.78 Å². The molecule has 0 unspecified atom stereocenters. The summed E-state index contributed by atoms with van der Waals surface area (Å²) in [5.41, 5.74) is 3.24. The molecule has 1 fully saturated rings. The number of ether oxygens (including phenoxy) is 1. The van der Waals surface area contributed by atoms with Crippen molar-refractivity contribution in [3.05, 3.63) is 113 Å². The minimum absolute atomic E-state index is 0.118. The molecule has 9 heteroatoms. The summed E-state index contributed by atoms with van der Waals surface area (Å²) in [5, 5.41) is 6.83. The Kier molecular flexibility index (Phi) is 8.63. The topological polar surface area (TPSA) is 49.5 Å². The summed E-state index contributed by atoms with van der Waals surface area (Å²) in [7, 11) is -3.14. The quantitative estimate of drug-likeness (QED) is 0.155. The van der Waals surface area contributed by atoms with Crippen molar-refractivity contribution < 1.29 is 17.9 Å². The number of nitrogens with zero attached hydrogens (tertiary/aromatic N) is 1. The zero-order valence-corrected chi connectivity index (χ0v) is 29.2. The fourth-order valence-corrected chi connectivity index (χ4v) is 13.0. The Balaban J connectivity index is 1.23. The highest BCUT2D eigenvalue weighted by Crippen LogP contribution is 2.45. The molecular formula is C38H43F2N3O2SSi. The number of alkyl halides is 2. The van der Waals surface area contributed by atoms with Crippen LogP contribution in [0.1, 0.15) is 49.9 Å². The molecule has 246 valence electrons. The molecule has 5 nitrogen and oxygen atoms in total. The van der Waals surface area contributed by atoms with Gasteiger partial charge in [0.2, 0.25) is 0 Å². The van der Waals surface area contributed by atoms with Gasteiger partial charge in [0.25, 0.3) is 14.2 Å². The lowest BCUT2D eigenvalue weighted by molar-refractivity contribution is -0.0818. The number of aromatic amines is 1. The summed E-state index contributed by atoms with van der Waals surface area (Å²) in [6, 6.07) is 31.8. The van der Waals surface area contributed by atoms with Crippen LogP contribution in [0.2, 0.25) is 5.04 Å². The van der Waals surface area contributed by atoms with E-state index in [2.05, 4.69) is 50.1 Å². The molecule has 2 aliphatic rings. The van der Waals surface area contributed by atoms with Gasteiger partial charge in [-0.15, -0.1) is 11.3 Å². The van der Waals surface area contributed by atoms with Crippen molar-refractivity contribution in [2.45, 2.75) is 63.3 Å². The van der Waals surface area contributed by atoms with E-state index in [0.29, 0.717) is 6.42 Å². The van der Waals surface area contributed by atoms with E-state index < -0.39 is 32.4 Å². The molecule has 5 aromatic rings. The van der Waals surface area contributed by atoms with Crippen LogP contribution in [0.25, 0.3) is 10.9 Å². The molecule has 4 heterocycles. The smallest absolute Gasteiger partial charge is 0.282 e. The number of aromatic nitrogens is 1. The molecule has 3 aromatic carbocycles. The second-order valence-corrected chi connectivity index (χ2v) is 19.4. The molecule has 47 heavy (non-hydrogen) atoms. The standard InChI is InChI=1S/C38H43F2N3O2SSi/c1-26-21-31-30-17-11-12-18-32(30)42-35(31)36(33-19-20-34(46-33)45-27-22-41-23-27)43(26)24-38(39,40)25-44-47(37(2,3)4,28-13-7-5-8-14-28)29-15-9-6-10-16-29/h5-20,26-27,36,41-42H,21-25H2,1-4H3/t26-,36-/m1/s1. The Morgan fingerprint density at radius 3 is 2.13 bits per heavy atom. The van der Waals surface area contributed by atoms with E-state index in [1.807, 2.05) is 89.8 Å². The number of thiophene rings is 1. The molecule has 7 rings (SSSR count). The van der Waals surface area contributed by atoms with Gasteiger partial charge in [-0.3, -0.25) is 4.90 Å². The average molecular weight is 672 g/mol. The number of para-hydroxylation sites is 1. The van der Waals surface area contributed by atoms with E-state index >= 15 is 8.78 Å². The van der Waals surface area contributed by atoms with Crippen molar-refractivity contribution >= 4 is 40.9 Å². The molecular weight excluding hydrogens is 629 g/mol. The molecule has 0 spiro atoms. The zero-order valence-electron chi connectivity index (χ0n) is 27.4. The van der Waals surface area contributed by atoms with E-state index in [1.54, 1.807) is 11.3 Å². The predicted molar refractivity (Wildman–Crippen MR) is 190 cm³/mol. The summed E-state index contributed by atoms with van der Waals surface area (Å²) in [6.45, 7) is 8.99. The fourth-order valence-electron chi connectivity index (χ4n) is 7.40. The minimum atomic E-state index is -3.14. The molecule has 2 aliphatic heterocycles. The van der Waals surface area contributed by atoms with Gasteiger partial charge >= 0.3 is 0 Å². The van der Waals surface area contributed by atoms with Crippen LogP contribution in [-0.4, -0.2) is 62.5 Å². The van der Waals surface area contributed by atoms with Gasteiger partial charge in [-0.25, -0.2) is 8.78 Å². The van der Waals surface area contributed by atoms with Gasteiger partial charge in [0, 0.05) is 40.6 Å². The molecule has 0 radical (unpaired) electrons. The Bertz CT molecular complexity index is 1780. The van der Waals surface area contributed by atoms with Crippen molar-refractivity contribution in [1.82, 2.24) is 15.2 Å². The van der Waals surface area contributed by atoms with E-state index in [0.717, 1.165) is 50.0 Å². The molecule has 1 saturated heterocycles. The molecule has 0 saturated carbocycles. The lowest BCUT2D eigenvalue weighted by Crippen LogP contribution is -2.67. The summed E-state index contributed by atoms with van der Waals surface area (Å²) in [4.78, 5) is 6.61. The van der Waals surface area contributed by atoms with Crippen LogP contribution >= 0.6 is 11.3 Å². The van der Waals surface area contributed by atoms with Crippen LogP contribution in [0.15, 0.2) is 97.1 Å². The van der Waals surface area contributed by atoms with Gasteiger partial charge in [0.05, 0.1) is 19.2 Å². The average Bonchev–Trinajstić information content (AvgIpc) is 3.64. The summed E-state index contributed by atoms with van der Waals surface area (Å²) < 4.78 is 46.2. The number of benzene rings is 3. The second kappa shape index (κ2) is 12.6. The van der Waals surface area contributed by atoms with E-state index in [1.165, 1.54) is 5.56 Å². The lowest BCUT2D eigenvalue weighted by Gasteiger charge is -2.45. The third-order valence-electron chi connectivity index (χ3n) is 9.75. The van der Waals surface area contributed by atoms with Crippen molar-refractivity contribution in [3.63, 3.8) is 0 Å². The summed E-state index contributed by atoms with van der Waals surface area (Å²) >= 11 is 1.56. The molecule has 2 atom stereocenters. The van der Waals surface area contributed by atoms with Crippen molar-refractivity contribution in [2.24, 2.45) is 0 Å². The number of nitrogens with one attached hydrogen (secondary N) is 2. The van der Waals surface area contributed by atoms with Crippen molar-refractivity contribution in [2.75, 3.05) is 26.2 Å². The highest BCUT2D eigenvalue weighted by atomic mass is 32.1. The molecule has 0 aliphatic carbocycles. The Labute approximate surface area is 281 Å². The Morgan fingerprint density at radius 1 is 0.872 bits per heavy atom. The molecule has 2 aromatic heterocycles. The largest absolute Gasteiger partial charge is 0.478 e. The molecule has 0 bridgehead atoms. The van der Waals surface area contributed by atoms with Gasteiger partial charge in [-0.05, 0) is 52.5 Å². The van der Waals surface area contributed by atoms with Crippen LogP contribution in [0.5, 0.6) is 5.06 Å². The first-order valence-electron chi connectivity index (χ1n) is 16.5. The third-order valence-corrected chi connectivity index (χ3v) is 15.8. The first kappa shape index (κ1) is 32.2. The van der Waals surface area contributed by atoms with Crippen LogP contribution in [0, 0.1) is 0 Å². The Hall–Kier alpha value is -3.34. The maximum atomic E-state index is 16.6. The van der Waals surface area contributed by atoms with Crippen molar-refractivity contribution in [1.29, 1.82) is 0 Å². The SMILES string of the molecule is C[C@@H]1Cc2c([nH]c3ccccc23)[C@@H](c2ccc(OC3CNC3)s2)N1CC(F)(F)CO[Si](c1ccccc1)(c1ccccc1)C(C)(C)C. The molecule has 2 N–H and O–H groups in total. The second-order valence-electron chi connectivity index (χ2n) is 14.1. The number of rotatable bonds is 10. The van der Waals surface area contributed by atoms with Crippen molar-refractivity contribution in [3.8, 4) is 5.06 Å². The number of H-pyrrole nitrogens is 1. The van der Waals surface area contributed by atoms with Gasteiger partial charge < -0.3 is 19.5 Å². The highest BCUT2D eigenvalue weighted by Gasteiger charge is 2.52. The van der Waals surface area contributed by atoms with Crippen LogP contribution < -0.4 is 20.4 Å². The summed E-state index contributed by atoms with van der Waals surface area (Å²) in [5.74, 6) is -3.11. The Morgan fingerprint density at radius 2 is 1.51 bits per heavy atom. The van der Waals surface area contributed by atoms with E-state index in [9.17, 15) is 0 Å². The van der Waals surface area contributed by atoms with Crippen LogP contribution in [-0.2, 0) is 10.8 Å². The summed E-state index contributed by atoms with van der Waals surface area (Å²) in [6.07, 6.45) is 0.832. The first-order chi connectivity index (χ1) is 22.6. The van der Waals surface area contributed by atoms with E-state index in [-0.39, 0.29) is 18.2 Å². The molecule has 0 amide bonds. The van der Waals surface area contributed by atoms with Gasteiger partial charge in [0.1, 0.15) is 6.10 Å². The van der Waals surface area contributed by atoms with Gasteiger partial charge in [-0.1, -0.05) is 99.6 Å². The maximum Gasteiger partial charge on any atom is 0.282 e. The first-order valence-corrected chi connectivity index (χ1v) is 19.2. The third kappa shape index (κ3) is 6.08. The highest BCUT2D eigenvalue weighted by molar-refractivity contribution is 7.14. The lowest BCUT2D eigenvalue weighted by atomic mass is 9.91. The normalized spacial score (nSPS) is 19.4. The fraction of sp³-hybridized carbons (Fsp3) is 0.368. The predicted octanol–water partition coefficient (Wildman–Crippen LogP) is 7.13. The minimum Gasteiger partial charge on any atom is -0.478 e. The maximum absolute atomic E-state index is 16.6. The van der Waals surface area contributed by atoms with Gasteiger partial charge in [0.15, 0.2) is 5.06 Å². The zero-order chi connectivity index (χ0) is 32.8. The van der Waals surface area contributed by atoms with E-state index in [4.69, 9.17) is 9.16 Å². The monoisotopic (exact) mass is 671 g/mol. The number of fused-ring (bicyclic) bond motifs is 3. The van der Waals surface area contributed by atoms with Gasteiger partial charge in [-0.2, -0.15) is 0 Å². The van der Waals surface area contributed by atoms with Crippen LogP contribution in [0.3, 0.4) is 0 Å². The number of halogens is 2. The number of hydrogen-bond acceptors (Lipinski definition) is 5.